The first kappa shape index (κ1) is 15.6. The Kier molecular flexibility index (Phi) is 5.01. The van der Waals surface area contributed by atoms with Crippen molar-refractivity contribution in [2.75, 3.05) is 28.4 Å². The first-order valence-corrected chi connectivity index (χ1v) is 8.41. The average molecular weight is 304 g/mol. The highest BCUT2D eigenvalue weighted by atomic mass is 28.4. The van der Waals surface area contributed by atoms with Crippen LogP contribution in [0, 0.1) is 0 Å². The Morgan fingerprint density at radius 1 is 0.667 bits per heavy atom. The molecule has 0 fully saturated rings. The van der Waals surface area contributed by atoms with Crippen LogP contribution in [0.25, 0.3) is 0 Å². The van der Waals surface area contributed by atoms with E-state index in [-0.39, 0.29) is 0 Å². The van der Waals surface area contributed by atoms with E-state index in [1.807, 2.05) is 48.5 Å². The van der Waals surface area contributed by atoms with Crippen LogP contribution in [0.5, 0.6) is 11.5 Å². The maximum atomic E-state index is 5.86. The molecule has 0 aromatic heterocycles. The molecule has 0 aliphatic rings. The number of hydrogen-bond acceptors (Lipinski definition) is 4. The van der Waals surface area contributed by atoms with E-state index < -0.39 is 8.56 Å². The Bertz CT molecular complexity index is 547. The lowest BCUT2D eigenvalue weighted by Crippen LogP contribution is -2.62. The lowest BCUT2D eigenvalue weighted by atomic mass is 10.3. The van der Waals surface area contributed by atoms with Gasteiger partial charge in [-0.25, -0.2) is 0 Å². The molecule has 0 spiro atoms. The maximum Gasteiger partial charge on any atom is 0.406 e. The van der Waals surface area contributed by atoms with Crippen LogP contribution in [0.4, 0.5) is 0 Å². The lowest BCUT2D eigenvalue weighted by molar-refractivity contribution is 0.272. The summed E-state index contributed by atoms with van der Waals surface area (Å²) < 4.78 is 22.3. The zero-order valence-electron chi connectivity index (χ0n) is 12.8. The Labute approximate surface area is 126 Å². The third-order valence-corrected chi connectivity index (χ3v) is 6.77. The van der Waals surface area contributed by atoms with Gasteiger partial charge in [0, 0.05) is 24.6 Å². The van der Waals surface area contributed by atoms with Crippen LogP contribution in [-0.2, 0) is 8.85 Å². The molecule has 21 heavy (non-hydrogen) atoms. The quantitative estimate of drug-likeness (QED) is 0.759. The first-order valence-electron chi connectivity index (χ1n) is 6.59. The summed E-state index contributed by atoms with van der Waals surface area (Å²) in [5.74, 6) is 1.56. The molecule has 0 aliphatic carbocycles. The van der Waals surface area contributed by atoms with Crippen molar-refractivity contribution < 1.29 is 18.3 Å². The molecule has 2 aromatic carbocycles. The highest BCUT2D eigenvalue weighted by molar-refractivity contribution is 6.92. The topological polar surface area (TPSA) is 36.9 Å². The maximum absolute atomic E-state index is 5.86. The van der Waals surface area contributed by atoms with Crippen molar-refractivity contribution in [3.8, 4) is 11.5 Å². The third kappa shape index (κ3) is 2.95. The van der Waals surface area contributed by atoms with Gasteiger partial charge in [0.1, 0.15) is 11.5 Å². The van der Waals surface area contributed by atoms with Crippen LogP contribution in [0.2, 0.25) is 0 Å². The zero-order valence-corrected chi connectivity index (χ0v) is 13.8. The highest BCUT2D eigenvalue weighted by Gasteiger charge is 2.41. The van der Waals surface area contributed by atoms with Gasteiger partial charge < -0.3 is 18.3 Å². The van der Waals surface area contributed by atoms with Crippen molar-refractivity contribution in [2.45, 2.75) is 0 Å². The number of benzene rings is 2. The molecule has 0 N–H and O–H groups in total. The molecule has 4 nitrogen and oxygen atoms in total. The molecule has 0 aliphatic heterocycles. The summed E-state index contributed by atoms with van der Waals surface area (Å²) in [6.45, 7) is 0. The molecular weight excluding hydrogens is 284 g/mol. The Balaban J connectivity index is 2.57. The minimum absolute atomic E-state index is 0.779. The second-order valence-corrected chi connectivity index (χ2v) is 7.69. The van der Waals surface area contributed by atoms with E-state index in [0.717, 1.165) is 21.9 Å². The molecule has 2 aromatic rings. The van der Waals surface area contributed by atoms with Gasteiger partial charge in [-0.15, -0.1) is 0 Å². The van der Waals surface area contributed by atoms with E-state index in [1.165, 1.54) is 0 Å². The molecule has 0 radical (unpaired) electrons. The highest BCUT2D eigenvalue weighted by Crippen LogP contribution is 2.15. The number of ether oxygens (including phenoxy) is 2. The SMILES string of the molecule is COc1cccc([Si](OC)(OC)c2cccc(OC)c2)c1. The van der Waals surface area contributed by atoms with Crippen molar-refractivity contribution >= 4 is 18.9 Å². The largest absolute Gasteiger partial charge is 0.497 e. The summed E-state index contributed by atoms with van der Waals surface area (Å²) in [4.78, 5) is 0. The summed E-state index contributed by atoms with van der Waals surface area (Å²) in [6, 6.07) is 15.6. The molecule has 112 valence electrons. The third-order valence-electron chi connectivity index (χ3n) is 3.47. The molecule has 0 amide bonds. The van der Waals surface area contributed by atoms with E-state index in [1.54, 1.807) is 28.4 Å². The van der Waals surface area contributed by atoms with Gasteiger partial charge in [0.15, 0.2) is 0 Å². The van der Waals surface area contributed by atoms with E-state index >= 15 is 0 Å². The minimum Gasteiger partial charge on any atom is -0.497 e. The van der Waals surface area contributed by atoms with Crippen molar-refractivity contribution in [1.82, 2.24) is 0 Å². The summed E-state index contributed by atoms with van der Waals surface area (Å²) >= 11 is 0. The summed E-state index contributed by atoms with van der Waals surface area (Å²) in [7, 11) is 3.89. The van der Waals surface area contributed by atoms with Crippen molar-refractivity contribution in [1.29, 1.82) is 0 Å². The van der Waals surface area contributed by atoms with Crippen molar-refractivity contribution in [3.05, 3.63) is 48.5 Å². The predicted octanol–water partition coefficient (Wildman–Crippen LogP) is 1.55. The van der Waals surface area contributed by atoms with E-state index in [4.69, 9.17) is 18.3 Å². The van der Waals surface area contributed by atoms with Gasteiger partial charge >= 0.3 is 8.56 Å². The summed E-state index contributed by atoms with van der Waals surface area (Å²) in [5, 5.41) is 1.97. The zero-order chi connectivity index (χ0) is 15.3. The second-order valence-electron chi connectivity index (χ2n) is 4.49. The van der Waals surface area contributed by atoms with Crippen LogP contribution < -0.4 is 19.8 Å². The number of methoxy groups -OCH3 is 2. The van der Waals surface area contributed by atoms with Gasteiger partial charge in [-0.05, 0) is 24.3 Å². The second kappa shape index (κ2) is 6.75. The fraction of sp³-hybridized carbons (Fsp3) is 0.250. The first-order chi connectivity index (χ1) is 10.2. The van der Waals surface area contributed by atoms with Crippen LogP contribution in [0.3, 0.4) is 0 Å². The molecule has 2 rings (SSSR count). The molecule has 0 atom stereocenters. The van der Waals surface area contributed by atoms with Crippen molar-refractivity contribution in [3.63, 3.8) is 0 Å². The van der Waals surface area contributed by atoms with Gasteiger partial charge in [0.25, 0.3) is 0 Å². The van der Waals surface area contributed by atoms with Crippen LogP contribution in [-0.4, -0.2) is 37.0 Å². The molecular formula is C16H20O4Si. The Morgan fingerprint density at radius 3 is 1.43 bits per heavy atom. The molecule has 5 heteroatoms. The Morgan fingerprint density at radius 2 is 1.10 bits per heavy atom. The molecule has 0 saturated heterocycles. The van der Waals surface area contributed by atoms with Crippen LogP contribution in [0.15, 0.2) is 48.5 Å². The van der Waals surface area contributed by atoms with Gasteiger partial charge in [-0.2, -0.15) is 0 Å². The van der Waals surface area contributed by atoms with E-state index in [0.29, 0.717) is 0 Å². The van der Waals surface area contributed by atoms with Gasteiger partial charge in [-0.1, -0.05) is 24.3 Å². The number of hydrogen-bond donors (Lipinski definition) is 0. The molecule has 0 heterocycles. The lowest BCUT2D eigenvalue weighted by Gasteiger charge is -2.28. The predicted molar refractivity (Wildman–Crippen MR) is 85.0 cm³/mol. The van der Waals surface area contributed by atoms with E-state index in [2.05, 4.69) is 0 Å². The van der Waals surface area contributed by atoms with Crippen LogP contribution in [0.1, 0.15) is 0 Å². The molecule has 0 unspecified atom stereocenters. The van der Waals surface area contributed by atoms with E-state index in [9.17, 15) is 0 Å². The number of rotatable bonds is 6. The molecule has 0 bridgehead atoms. The summed E-state index contributed by atoms with van der Waals surface area (Å²) in [5.41, 5.74) is 0. The standard InChI is InChI=1S/C16H20O4Si/c1-17-13-7-5-9-15(11-13)21(19-3,20-4)16-10-6-8-14(12-16)18-2/h5-12H,1-4H3. The van der Waals surface area contributed by atoms with Gasteiger partial charge in [-0.3, -0.25) is 0 Å². The normalized spacial score (nSPS) is 11.2. The summed E-state index contributed by atoms with van der Waals surface area (Å²) in [6.07, 6.45) is 0. The fourth-order valence-corrected chi connectivity index (χ4v) is 5.12. The minimum atomic E-state index is -2.75. The van der Waals surface area contributed by atoms with Gasteiger partial charge in [0.2, 0.25) is 0 Å². The Hall–Kier alpha value is -1.82. The van der Waals surface area contributed by atoms with Gasteiger partial charge in [0.05, 0.1) is 14.2 Å². The molecule has 0 saturated carbocycles. The smallest absolute Gasteiger partial charge is 0.406 e. The van der Waals surface area contributed by atoms with Crippen LogP contribution >= 0.6 is 0 Å². The monoisotopic (exact) mass is 304 g/mol. The van der Waals surface area contributed by atoms with Crippen molar-refractivity contribution in [2.24, 2.45) is 0 Å². The fourth-order valence-electron chi connectivity index (χ4n) is 2.38. The average Bonchev–Trinajstić information content (AvgIpc) is 2.57.